The van der Waals surface area contributed by atoms with Crippen LogP contribution >= 0.6 is 0 Å². The molecule has 1 amide bonds. The number of aryl methyl sites for hydroxylation is 1. The molecule has 0 atom stereocenters. The molecule has 1 heterocycles. The van der Waals surface area contributed by atoms with E-state index in [-0.39, 0.29) is 6.08 Å². The predicted molar refractivity (Wildman–Crippen MR) is 71.3 cm³/mol. The summed E-state index contributed by atoms with van der Waals surface area (Å²) in [6, 6.07) is 5.43. The van der Waals surface area contributed by atoms with Gasteiger partial charge >= 0.3 is 11.7 Å². The molecule has 0 saturated heterocycles. The molecule has 1 aromatic carbocycles. The number of fused-ring (bicyclic) bond motifs is 1. The molecule has 0 spiro atoms. The first-order chi connectivity index (χ1) is 9.12. The summed E-state index contributed by atoms with van der Waals surface area (Å²) in [5, 5.41) is 2.73. The predicted octanol–water partition coefficient (Wildman–Crippen LogP) is 1.26. The highest BCUT2D eigenvalue weighted by molar-refractivity contribution is 5.77. The minimum atomic E-state index is -0.410. The smallest absolute Gasteiger partial charge is 0.397 e. The van der Waals surface area contributed by atoms with Gasteiger partial charge in [-0.2, -0.15) is 4.98 Å². The Hall–Kier alpha value is -2.37. The van der Waals surface area contributed by atoms with Gasteiger partial charge in [-0.15, -0.1) is 0 Å². The van der Waals surface area contributed by atoms with E-state index >= 15 is 0 Å². The Morgan fingerprint density at radius 2 is 2.16 bits per heavy atom. The van der Waals surface area contributed by atoms with Gasteiger partial charge in [0.05, 0.1) is 17.5 Å². The Balaban J connectivity index is 0.000000399. The number of rotatable bonds is 3. The zero-order chi connectivity index (χ0) is 14.3. The topological polar surface area (TPSA) is 81.4 Å². The van der Waals surface area contributed by atoms with Crippen LogP contribution in [0.15, 0.2) is 27.4 Å². The zero-order valence-corrected chi connectivity index (χ0v) is 11.1. The van der Waals surface area contributed by atoms with Gasteiger partial charge in [0.15, 0.2) is 0 Å². The molecule has 0 fully saturated rings. The third-order valence-corrected chi connectivity index (χ3v) is 2.15. The van der Waals surface area contributed by atoms with Crippen molar-refractivity contribution in [1.82, 2.24) is 10.3 Å². The maximum Gasteiger partial charge on any atom is 0.397 e. The fourth-order valence-electron chi connectivity index (χ4n) is 1.35. The number of carbonyl (C=O) groups is 1. The molecule has 6 nitrogen and oxygen atoms in total. The van der Waals surface area contributed by atoms with Gasteiger partial charge in [-0.3, -0.25) is 4.79 Å². The number of nitrogens with zero attached hydrogens (tertiary/aromatic N) is 1. The van der Waals surface area contributed by atoms with E-state index in [9.17, 15) is 4.79 Å². The van der Waals surface area contributed by atoms with Gasteiger partial charge in [0.1, 0.15) is 0 Å². The molecule has 0 unspecified atom stereocenters. The first-order valence-electron chi connectivity index (χ1n) is 5.77. The second kappa shape index (κ2) is 7.15. The summed E-state index contributed by atoms with van der Waals surface area (Å²) in [5.41, 5.74) is 1.19. The average molecular weight is 264 g/mol. The van der Waals surface area contributed by atoms with Crippen molar-refractivity contribution >= 4 is 17.3 Å². The van der Waals surface area contributed by atoms with Gasteiger partial charge < -0.3 is 14.5 Å². The summed E-state index contributed by atoms with van der Waals surface area (Å²) in [5.74, 6) is 0. The first-order valence-corrected chi connectivity index (χ1v) is 5.77. The third-order valence-electron chi connectivity index (χ3n) is 2.15. The second-order valence-electron chi connectivity index (χ2n) is 3.63. The van der Waals surface area contributed by atoms with E-state index < -0.39 is 5.63 Å². The monoisotopic (exact) mass is 264 g/mol. The maximum absolute atomic E-state index is 11.5. The van der Waals surface area contributed by atoms with E-state index in [0.29, 0.717) is 23.9 Å². The Morgan fingerprint density at radius 3 is 2.74 bits per heavy atom. The van der Waals surface area contributed by atoms with Crippen LogP contribution in [0.4, 0.5) is 0 Å². The molecule has 0 radical (unpaired) electrons. The van der Waals surface area contributed by atoms with Gasteiger partial charge in [-0.1, -0.05) is 11.6 Å². The van der Waals surface area contributed by atoms with Gasteiger partial charge in [-0.25, -0.2) is 4.79 Å². The van der Waals surface area contributed by atoms with E-state index in [4.69, 9.17) is 13.9 Å². The lowest BCUT2D eigenvalue weighted by Crippen LogP contribution is -2.05. The summed E-state index contributed by atoms with van der Waals surface area (Å²) in [7, 11) is 1.56. The number of hydrogen-bond donors (Lipinski definition) is 1. The van der Waals surface area contributed by atoms with Crippen molar-refractivity contribution in [1.29, 1.82) is 0 Å². The van der Waals surface area contributed by atoms with Crippen LogP contribution in [0.1, 0.15) is 12.5 Å². The molecule has 102 valence electrons. The molecule has 0 aliphatic rings. The number of benzene rings is 1. The number of carbonyl (C=O) groups excluding carboxylic acids is 1. The highest BCUT2D eigenvalue weighted by Gasteiger charge is 2.06. The van der Waals surface area contributed by atoms with Crippen LogP contribution in [-0.4, -0.2) is 25.0 Å². The molecule has 0 bridgehead atoms. The lowest BCUT2D eigenvalue weighted by molar-refractivity contribution is -0.109. The third kappa shape index (κ3) is 4.09. The van der Waals surface area contributed by atoms with Crippen LogP contribution in [0.2, 0.25) is 0 Å². The van der Waals surface area contributed by atoms with E-state index in [1.807, 2.05) is 13.0 Å². The zero-order valence-electron chi connectivity index (χ0n) is 11.1. The fraction of sp³-hybridized carbons (Fsp3) is 0.308. The molecule has 0 saturated carbocycles. The van der Waals surface area contributed by atoms with Crippen molar-refractivity contribution in [2.75, 3.05) is 13.7 Å². The number of nitrogens with one attached hydrogen (secondary N) is 1. The summed E-state index contributed by atoms with van der Waals surface area (Å²) in [4.78, 5) is 24.7. The summed E-state index contributed by atoms with van der Waals surface area (Å²) < 4.78 is 9.94. The number of aromatic nitrogens is 1. The van der Waals surface area contributed by atoms with Crippen LogP contribution in [0.25, 0.3) is 10.9 Å². The minimum absolute atomic E-state index is 0.0267. The lowest BCUT2D eigenvalue weighted by atomic mass is 10.2. The molecule has 2 aromatic rings. The molecule has 1 N–H and O–H groups in total. The van der Waals surface area contributed by atoms with Crippen molar-refractivity contribution in [3.63, 3.8) is 0 Å². The molecule has 19 heavy (non-hydrogen) atoms. The fourth-order valence-corrected chi connectivity index (χ4v) is 1.35. The Bertz CT molecular complexity index is 607. The summed E-state index contributed by atoms with van der Waals surface area (Å²) in [6.45, 7) is 4.14. The first kappa shape index (κ1) is 14.7. The molecule has 1 aromatic heterocycles. The van der Waals surface area contributed by atoms with E-state index in [1.165, 1.54) is 0 Å². The van der Waals surface area contributed by atoms with Crippen LogP contribution in [0.3, 0.4) is 0 Å². The van der Waals surface area contributed by atoms with Gasteiger partial charge in [0.2, 0.25) is 6.41 Å². The van der Waals surface area contributed by atoms with Crippen molar-refractivity contribution in [3.05, 3.63) is 34.2 Å². The largest absolute Gasteiger partial charge is 0.450 e. The lowest BCUT2D eigenvalue weighted by Gasteiger charge is -2.01. The van der Waals surface area contributed by atoms with Crippen molar-refractivity contribution in [3.8, 4) is 6.08 Å². The number of amides is 1. The molecular formula is C13H16N2O4. The standard InChI is InChI=1S/C11H11NO3.C2H5NO/c1-3-14-11-12-9-5-4-7(2)6-8(9)10(13)15-11;1-3-2-4/h4-6H,3H2,1-2H3;2H,1H3,(H,3,4). The summed E-state index contributed by atoms with van der Waals surface area (Å²) in [6.07, 6.45) is 0.652. The Morgan fingerprint density at radius 1 is 1.47 bits per heavy atom. The highest BCUT2D eigenvalue weighted by Crippen LogP contribution is 2.13. The molecule has 0 aliphatic heterocycles. The van der Waals surface area contributed by atoms with Gasteiger partial charge in [0, 0.05) is 7.05 Å². The van der Waals surface area contributed by atoms with Gasteiger partial charge in [-0.05, 0) is 26.0 Å². The van der Waals surface area contributed by atoms with Gasteiger partial charge in [0.25, 0.3) is 0 Å². The molecule has 2 rings (SSSR count). The van der Waals surface area contributed by atoms with E-state index in [1.54, 1.807) is 26.1 Å². The molecule has 6 heteroatoms. The van der Waals surface area contributed by atoms with Crippen LogP contribution in [0.5, 0.6) is 6.08 Å². The number of hydrogen-bond acceptors (Lipinski definition) is 5. The second-order valence-corrected chi connectivity index (χ2v) is 3.63. The SMILES string of the molecule is CCOc1nc2ccc(C)cc2c(=O)o1.CNC=O. The van der Waals surface area contributed by atoms with Crippen molar-refractivity contribution in [2.24, 2.45) is 0 Å². The highest BCUT2D eigenvalue weighted by atomic mass is 16.6. The molecular weight excluding hydrogens is 248 g/mol. The number of ether oxygens (including phenoxy) is 1. The van der Waals surface area contributed by atoms with Crippen LogP contribution < -0.4 is 15.7 Å². The molecule has 0 aliphatic carbocycles. The van der Waals surface area contributed by atoms with E-state index in [2.05, 4.69) is 10.3 Å². The van der Waals surface area contributed by atoms with Crippen molar-refractivity contribution < 1.29 is 13.9 Å². The average Bonchev–Trinajstić information content (AvgIpc) is 2.40. The van der Waals surface area contributed by atoms with Crippen molar-refractivity contribution in [2.45, 2.75) is 13.8 Å². The van der Waals surface area contributed by atoms with Crippen LogP contribution in [0, 0.1) is 6.92 Å². The van der Waals surface area contributed by atoms with E-state index in [0.717, 1.165) is 5.56 Å². The maximum atomic E-state index is 11.5. The Labute approximate surface area is 110 Å². The minimum Gasteiger partial charge on any atom is -0.450 e. The quantitative estimate of drug-likeness (QED) is 0.844. The normalized spacial score (nSPS) is 9.42. The summed E-state index contributed by atoms with van der Waals surface area (Å²) >= 11 is 0. The Kier molecular flexibility index (Phi) is 5.53. The van der Waals surface area contributed by atoms with Crippen LogP contribution in [-0.2, 0) is 4.79 Å².